The van der Waals surface area contributed by atoms with E-state index in [0.29, 0.717) is 25.5 Å². The molecule has 1 saturated heterocycles. The van der Waals surface area contributed by atoms with Gasteiger partial charge in [-0.1, -0.05) is 6.07 Å². The highest BCUT2D eigenvalue weighted by Gasteiger charge is 2.34. The number of aryl methyl sites for hydroxylation is 1. The maximum absolute atomic E-state index is 12.0. The van der Waals surface area contributed by atoms with Crippen molar-refractivity contribution < 1.29 is 19.1 Å². The van der Waals surface area contributed by atoms with Crippen molar-refractivity contribution in [3.63, 3.8) is 0 Å². The van der Waals surface area contributed by atoms with Crippen LogP contribution >= 0.6 is 12.4 Å². The van der Waals surface area contributed by atoms with E-state index in [0.717, 1.165) is 38.1 Å². The van der Waals surface area contributed by atoms with Crippen LogP contribution in [-0.4, -0.2) is 50.0 Å². The first-order chi connectivity index (χ1) is 12.1. The molecule has 144 valence electrons. The zero-order valence-corrected chi connectivity index (χ0v) is 16.3. The first-order valence-corrected chi connectivity index (χ1v) is 9.21. The standard InChI is InChI=1S/C20H27NO4.ClH/c1-3-25-20(23)18-13-21(11-9-19(18)22)10-8-15-5-4-14-6-7-16(24-2)12-17(14)15;/h6-7,12,15,18H,3-5,8-11,13H2,1-2H3;1H. The van der Waals surface area contributed by atoms with Gasteiger partial charge in [-0.2, -0.15) is 0 Å². The molecule has 0 aromatic heterocycles. The number of benzene rings is 1. The Balaban J connectivity index is 0.00000243. The van der Waals surface area contributed by atoms with Crippen LogP contribution in [0.3, 0.4) is 0 Å². The van der Waals surface area contributed by atoms with Crippen molar-refractivity contribution in [3.05, 3.63) is 29.3 Å². The van der Waals surface area contributed by atoms with Crippen LogP contribution in [-0.2, 0) is 20.7 Å². The summed E-state index contributed by atoms with van der Waals surface area (Å²) in [5, 5.41) is 0. The number of fused-ring (bicyclic) bond motifs is 1. The third-order valence-corrected chi connectivity index (χ3v) is 5.42. The van der Waals surface area contributed by atoms with Crippen LogP contribution in [0.4, 0.5) is 0 Å². The van der Waals surface area contributed by atoms with Crippen molar-refractivity contribution in [1.29, 1.82) is 0 Å². The molecular weight excluding hydrogens is 354 g/mol. The molecule has 0 N–H and O–H groups in total. The maximum Gasteiger partial charge on any atom is 0.317 e. The van der Waals surface area contributed by atoms with Gasteiger partial charge in [0.2, 0.25) is 0 Å². The summed E-state index contributed by atoms with van der Waals surface area (Å²) < 4.78 is 10.4. The average Bonchev–Trinajstić information content (AvgIpc) is 3.03. The molecule has 1 aromatic carbocycles. The number of methoxy groups -OCH3 is 1. The minimum absolute atomic E-state index is 0. The predicted molar refractivity (Wildman–Crippen MR) is 102 cm³/mol. The lowest BCUT2D eigenvalue weighted by molar-refractivity contribution is -0.153. The number of hydrogen-bond donors (Lipinski definition) is 0. The van der Waals surface area contributed by atoms with E-state index in [1.807, 2.05) is 6.07 Å². The van der Waals surface area contributed by atoms with Gasteiger partial charge in [0.1, 0.15) is 17.5 Å². The number of rotatable bonds is 6. The smallest absolute Gasteiger partial charge is 0.317 e. The van der Waals surface area contributed by atoms with Gasteiger partial charge in [-0.05, 0) is 61.9 Å². The van der Waals surface area contributed by atoms with Gasteiger partial charge in [-0.15, -0.1) is 12.4 Å². The van der Waals surface area contributed by atoms with E-state index in [9.17, 15) is 9.59 Å². The van der Waals surface area contributed by atoms with Crippen LogP contribution in [0.5, 0.6) is 5.75 Å². The number of esters is 1. The van der Waals surface area contributed by atoms with Gasteiger partial charge >= 0.3 is 5.97 Å². The van der Waals surface area contributed by atoms with Crippen LogP contribution < -0.4 is 4.74 Å². The molecule has 26 heavy (non-hydrogen) atoms. The Bertz CT molecular complexity index is 649. The zero-order chi connectivity index (χ0) is 17.8. The quantitative estimate of drug-likeness (QED) is 0.560. The van der Waals surface area contributed by atoms with Gasteiger partial charge in [0.15, 0.2) is 0 Å². The molecule has 1 aliphatic heterocycles. The Labute approximate surface area is 161 Å². The third kappa shape index (κ3) is 4.57. The molecule has 2 atom stereocenters. The molecule has 2 unspecified atom stereocenters. The summed E-state index contributed by atoms with van der Waals surface area (Å²) in [6.45, 7) is 4.24. The number of ether oxygens (including phenoxy) is 2. The Morgan fingerprint density at radius 3 is 2.85 bits per heavy atom. The minimum atomic E-state index is -0.607. The SMILES string of the molecule is CCOC(=O)C1CN(CCC2CCc3ccc(OC)cc32)CCC1=O.Cl. The molecule has 3 rings (SSSR count). The number of nitrogens with zero attached hydrogens (tertiary/aromatic N) is 1. The van der Waals surface area contributed by atoms with Gasteiger partial charge in [-0.25, -0.2) is 0 Å². The summed E-state index contributed by atoms with van der Waals surface area (Å²) in [7, 11) is 1.70. The van der Waals surface area contributed by atoms with E-state index in [1.165, 1.54) is 11.1 Å². The fraction of sp³-hybridized carbons (Fsp3) is 0.600. The van der Waals surface area contributed by atoms with Gasteiger partial charge < -0.3 is 14.4 Å². The fourth-order valence-electron chi connectivity index (χ4n) is 3.98. The molecule has 1 aliphatic carbocycles. The number of Topliss-reactive ketones (excluding diaryl/α,β-unsaturated/α-hetero) is 1. The Morgan fingerprint density at radius 1 is 1.31 bits per heavy atom. The average molecular weight is 382 g/mol. The molecule has 0 bridgehead atoms. The Kier molecular flexibility index (Phi) is 7.47. The highest BCUT2D eigenvalue weighted by molar-refractivity contribution is 5.99. The van der Waals surface area contributed by atoms with Gasteiger partial charge in [0, 0.05) is 19.5 Å². The molecule has 2 aliphatic rings. The second-order valence-corrected chi connectivity index (χ2v) is 6.91. The number of carbonyl (C=O) groups is 2. The summed E-state index contributed by atoms with van der Waals surface area (Å²) in [5.41, 5.74) is 2.82. The lowest BCUT2D eigenvalue weighted by Crippen LogP contribution is -2.45. The lowest BCUT2D eigenvalue weighted by Gasteiger charge is -2.31. The largest absolute Gasteiger partial charge is 0.497 e. The van der Waals surface area contributed by atoms with E-state index in [2.05, 4.69) is 17.0 Å². The highest BCUT2D eigenvalue weighted by atomic mass is 35.5. The molecule has 0 saturated carbocycles. The van der Waals surface area contributed by atoms with Crippen molar-refractivity contribution >= 4 is 24.2 Å². The van der Waals surface area contributed by atoms with Crippen LogP contribution in [0.2, 0.25) is 0 Å². The van der Waals surface area contributed by atoms with E-state index in [4.69, 9.17) is 9.47 Å². The van der Waals surface area contributed by atoms with Crippen LogP contribution in [0.15, 0.2) is 18.2 Å². The van der Waals surface area contributed by atoms with Crippen LogP contribution in [0.25, 0.3) is 0 Å². The second-order valence-electron chi connectivity index (χ2n) is 6.91. The Hall–Kier alpha value is -1.59. The van der Waals surface area contributed by atoms with E-state index in [1.54, 1.807) is 14.0 Å². The van der Waals surface area contributed by atoms with Crippen LogP contribution in [0, 0.1) is 5.92 Å². The molecule has 1 fully saturated rings. The number of carbonyl (C=O) groups excluding carboxylic acids is 2. The van der Waals surface area contributed by atoms with E-state index in [-0.39, 0.29) is 24.2 Å². The fourth-order valence-corrected chi connectivity index (χ4v) is 3.98. The van der Waals surface area contributed by atoms with Crippen LogP contribution in [0.1, 0.15) is 43.2 Å². The van der Waals surface area contributed by atoms with Crippen molar-refractivity contribution in [3.8, 4) is 5.75 Å². The van der Waals surface area contributed by atoms with Gasteiger partial charge in [-0.3, -0.25) is 9.59 Å². The summed E-state index contributed by atoms with van der Waals surface area (Å²) in [5.74, 6) is 0.490. The number of hydrogen-bond acceptors (Lipinski definition) is 5. The highest BCUT2D eigenvalue weighted by Crippen LogP contribution is 2.37. The molecule has 0 radical (unpaired) electrons. The van der Waals surface area contributed by atoms with Gasteiger partial charge in [0.25, 0.3) is 0 Å². The number of ketones is 1. The molecule has 1 heterocycles. The number of likely N-dealkylation sites (tertiary alicyclic amines) is 1. The van der Waals surface area contributed by atoms with E-state index >= 15 is 0 Å². The van der Waals surface area contributed by atoms with Crippen molar-refractivity contribution in [2.45, 2.75) is 38.5 Å². The summed E-state index contributed by atoms with van der Waals surface area (Å²) in [6.07, 6.45) is 3.77. The first kappa shape index (κ1) is 20.7. The Morgan fingerprint density at radius 2 is 2.12 bits per heavy atom. The van der Waals surface area contributed by atoms with Crippen molar-refractivity contribution in [2.75, 3.05) is 33.4 Å². The monoisotopic (exact) mass is 381 g/mol. The number of halogens is 1. The maximum atomic E-state index is 12.0. The number of piperidine rings is 1. The molecule has 6 heteroatoms. The normalized spacial score (nSPS) is 22.5. The molecular formula is C20H28ClNO4. The molecule has 1 aromatic rings. The first-order valence-electron chi connectivity index (χ1n) is 9.21. The topological polar surface area (TPSA) is 55.8 Å². The summed E-state index contributed by atoms with van der Waals surface area (Å²) in [4.78, 5) is 26.2. The van der Waals surface area contributed by atoms with Gasteiger partial charge in [0.05, 0.1) is 13.7 Å². The third-order valence-electron chi connectivity index (χ3n) is 5.42. The van der Waals surface area contributed by atoms with Crippen molar-refractivity contribution in [2.24, 2.45) is 5.92 Å². The second kappa shape index (κ2) is 9.38. The zero-order valence-electron chi connectivity index (χ0n) is 15.5. The van der Waals surface area contributed by atoms with E-state index < -0.39 is 5.92 Å². The minimum Gasteiger partial charge on any atom is -0.497 e. The van der Waals surface area contributed by atoms with Crippen molar-refractivity contribution in [1.82, 2.24) is 4.90 Å². The summed E-state index contributed by atoms with van der Waals surface area (Å²) >= 11 is 0. The molecule has 0 amide bonds. The molecule has 0 spiro atoms. The predicted octanol–water partition coefficient (Wildman–Crippen LogP) is 2.99. The molecule has 5 nitrogen and oxygen atoms in total. The lowest BCUT2D eigenvalue weighted by atomic mass is 9.94. The summed E-state index contributed by atoms with van der Waals surface area (Å²) in [6, 6.07) is 6.36.